The molecule has 0 atom stereocenters. The molecule has 1 heterocycles. The van der Waals surface area contributed by atoms with Gasteiger partial charge in [-0.3, -0.25) is 4.79 Å². The molecule has 0 unspecified atom stereocenters. The maximum atomic E-state index is 13.2. The largest absolute Gasteiger partial charge is 0.489 e. The molecule has 40 heavy (non-hydrogen) atoms. The minimum absolute atomic E-state index is 0.320. The van der Waals surface area contributed by atoms with Crippen LogP contribution in [-0.2, 0) is 16.1 Å². The summed E-state index contributed by atoms with van der Waals surface area (Å²) in [5.41, 5.74) is 4.70. The molecule has 6 nitrogen and oxygen atoms in total. The first-order chi connectivity index (χ1) is 19.4. The Morgan fingerprint density at radius 1 is 0.925 bits per heavy atom. The number of hydrogen-bond acceptors (Lipinski definition) is 5. The standard InChI is InChI=1S/C32H24BrClN2O4/c1-20-27(16-15-26(33)31(20)34)36-30(37)19-40-32(38)25-17-29(35-28-10-6-5-9-24(25)28)22-11-13-23(14-12-22)39-18-21-7-3-2-4-8-21/h2-17H,18-19H2,1H3,(H,36,37). The van der Waals surface area contributed by atoms with Gasteiger partial charge in [0.1, 0.15) is 12.4 Å². The zero-order valence-corrected chi connectivity index (χ0v) is 23.8. The molecule has 0 fully saturated rings. The fourth-order valence-electron chi connectivity index (χ4n) is 4.14. The van der Waals surface area contributed by atoms with Crippen LogP contribution in [0.2, 0.25) is 5.02 Å². The number of nitrogens with zero attached hydrogens (tertiary/aromatic N) is 1. The summed E-state index contributed by atoms with van der Waals surface area (Å²) in [6.07, 6.45) is 0. The average molecular weight is 616 g/mol. The van der Waals surface area contributed by atoms with Crippen molar-refractivity contribution in [3.8, 4) is 17.0 Å². The number of fused-ring (bicyclic) bond motifs is 1. The Morgan fingerprint density at radius 2 is 1.65 bits per heavy atom. The summed E-state index contributed by atoms with van der Waals surface area (Å²) in [7, 11) is 0. The number of carbonyl (C=O) groups is 2. The van der Waals surface area contributed by atoms with E-state index in [2.05, 4.69) is 21.2 Å². The van der Waals surface area contributed by atoms with Crippen molar-refractivity contribution in [3.05, 3.63) is 123 Å². The van der Waals surface area contributed by atoms with Gasteiger partial charge in [-0.2, -0.15) is 0 Å². The smallest absolute Gasteiger partial charge is 0.339 e. The van der Waals surface area contributed by atoms with Crippen molar-refractivity contribution in [1.82, 2.24) is 4.98 Å². The molecule has 0 spiro atoms. The molecule has 0 bridgehead atoms. The van der Waals surface area contributed by atoms with Crippen molar-refractivity contribution < 1.29 is 19.1 Å². The van der Waals surface area contributed by atoms with Crippen LogP contribution in [0.1, 0.15) is 21.5 Å². The predicted octanol–water partition coefficient (Wildman–Crippen LogP) is 8.00. The van der Waals surface area contributed by atoms with E-state index >= 15 is 0 Å². The van der Waals surface area contributed by atoms with Crippen molar-refractivity contribution >= 4 is 56.0 Å². The third kappa shape index (κ3) is 6.33. The fraction of sp³-hybridized carbons (Fsp3) is 0.0938. The van der Waals surface area contributed by atoms with E-state index in [1.807, 2.05) is 72.8 Å². The maximum Gasteiger partial charge on any atom is 0.339 e. The van der Waals surface area contributed by atoms with Gasteiger partial charge in [0.2, 0.25) is 0 Å². The molecule has 0 aliphatic carbocycles. The molecule has 0 radical (unpaired) electrons. The first-order valence-electron chi connectivity index (χ1n) is 12.5. The lowest BCUT2D eigenvalue weighted by Gasteiger charge is -2.12. The Hall–Kier alpha value is -4.20. The molecule has 0 saturated carbocycles. The number of rotatable bonds is 8. The quantitative estimate of drug-likeness (QED) is 0.179. The van der Waals surface area contributed by atoms with Gasteiger partial charge in [-0.05, 0) is 82.5 Å². The highest BCUT2D eigenvalue weighted by Crippen LogP contribution is 2.31. The van der Waals surface area contributed by atoms with Crippen molar-refractivity contribution in [2.45, 2.75) is 13.5 Å². The highest BCUT2D eigenvalue weighted by molar-refractivity contribution is 9.10. The van der Waals surface area contributed by atoms with Crippen molar-refractivity contribution in [2.75, 3.05) is 11.9 Å². The Morgan fingerprint density at radius 3 is 2.42 bits per heavy atom. The topological polar surface area (TPSA) is 77.5 Å². The molecule has 1 N–H and O–H groups in total. The number of amides is 1. The second-order valence-corrected chi connectivity index (χ2v) is 10.3. The van der Waals surface area contributed by atoms with Gasteiger partial charge in [-0.15, -0.1) is 0 Å². The molecule has 0 aliphatic rings. The molecule has 5 rings (SSSR count). The van der Waals surface area contributed by atoms with Crippen LogP contribution in [0.25, 0.3) is 22.2 Å². The van der Waals surface area contributed by atoms with Crippen LogP contribution in [0.3, 0.4) is 0 Å². The molecule has 200 valence electrons. The average Bonchev–Trinajstić information content (AvgIpc) is 2.99. The number of ether oxygens (including phenoxy) is 2. The summed E-state index contributed by atoms with van der Waals surface area (Å²) < 4.78 is 12.0. The van der Waals surface area contributed by atoms with E-state index in [1.54, 1.807) is 31.2 Å². The lowest BCUT2D eigenvalue weighted by Crippen LogP contribution is -2.21. The zero-order valence-electron chi connectivity index (χ0n) is 21.5. The summed E-state index contributed by atoms with van der Waals surface area (Å²) in [5.74, 6) is -0.371. The number of para-hydroxylation sites is 1. The van der Waals surface area contributed by atoms with E-state index in [0.717, 1.165) is 21.3 Å². The zero-order chi connectivity index (χ0) is 28.1. The van der Waals surface area contributed by atoms with E-state index in [-0.39, 0.29) is 0 Å². The molecule has 8 heteroatoms. The van der Waals surface area contributed by atoms with Gasteiger partial charge in [0.05, 0.1) is 21.8 Å². The van der Waals surface area contributed by atoms with Gasteiger partial charge < -0.3 is 14.8 Å². The minimum Gasteiger partial charge on any atom is -0.489 e. The number of nitrogens with one attached hydrogen (secondary N) is 1. The lowest BCUT2D eigenvalue weighted by atomic mass is 10.0. The van der Waals surface area contributed by atoms with Crippen LogP contribution in [0.4, 0.5) is 5.69 Å². The number of hydrogen-bond donors (Lipinski definition) is 1. The number of aromatic nitrogens is 1. The minimum atomic E-state index is -0.622. The van der Waals surface area contributed by atoms with Gasteiger partial charge in [-0.1, -0.05) is 60.1 Å². The molecular weight excluding hydrogens is 592 g/mol. The van der Waals surface area contributed by atoms with Crippen molar-refractivity contribution in [2.24, 2.45) is 0 Å². The summed E-state index contributed by atoms with van der Waals surface area (Å²) in [5, 5.41) is 3.88. The van der Waals surface area contributed by atoms with E-state index in [9.17, 15) is 9.59 Å². The molecule has 0 saturated heterocycles. The van der Waals surface area contributed by atoms with Gasteiger partial charge in [-0.25, -0.2) is 9.78 Å². The van der Waals surface area contributed by atoms with Crippen LogP contribution < -0.4 is 10.1 Å². The first kappa shape index (κ1) is 27.4. The van der Waals surface area contributed by atoms with Gasteiger partial charge in [0.15, 0.2) is 6.61 Å². The van der Waals surface area contributed by atoms with Crippen LogP contribution in [0.15, 0.2) is 102 Å². The molecular formula is C32H24BrClN2O4. The SMILES string of the molecule is Cc1c(NC(=O)COC(=O)c2cc(-c3ccc(OCc4ccccc4)cc3)nc3ccccc23)ccc(Br)c1Cl. The normalized spacial score (nSPS) is 10.8. The molecule has 0 aliphatic heterocycles. The van der Waals surface area contributed by atoms with E-state index < -0.39 is 18.5 Å². The predicted molar refractivity (Wildman–Crippen MR) is 161 cm³/mol. The number of pyridine rings is 1. The highest BCUT2D eigenvalue weighted by Gasteiger charge is 2.17. The molecule has 4 aromatic carbocycles. The van der Waals surface area contributed by atoms with Gasteiger partial charge >= 0.3 is 5.97 Å². The molecule has 5 aromatic rings. The summed E-state index contributed by atoms with van der Waals surface area (Å²) >= 11 is 9.61. The summed E-state index contributed by atoms with van der Waals surface area (Å²) in [6.45, 7) is 1.80. The Labute approximate surface area is 245 Å². The lowest BCUT2D eigenvalue weighted by molar-refractivity contribution is -0.119. The van der Waals surface area contributed by atoms with Gasteiger partial charge in [0, 0.05) is 21.1 Å². The van der Waals surface area contributed by atoms with E-state index in [1.165, 1.54) is 0 Å². The number of benzene rings is 4. The van der Waals surface area contributed by atoms with Crippen LogP contribution >= 0.6 is 27.5 Å². The Kier molecular flexibility index (Phi) is 8.43. The summed E-state index contributed by atoms with van der Waals surface area (Å²) in [6, 6.07) is 29.9. The Bertz CT molecular complexity index is 1690. The summed E-state index contributed by atoms with van der Waals surface area (Å²) in [4.78, 5) is 30.5. The number of anilines is 1. The van der Waals surface area contributed by atoms with E-state index in [4.69, 9.17) is 26.1 Å². The Balaban J connectivity index is 1.31. The molecule has 1 aromatic heterocycles. The number of carbonyl (C=O) groups excluding carboxylic acids is 2. The monoisotopic (exact) mass is 614 g/mol. The van der Waals surface area contributed by atoms with E-state index in [0.29, 0.717) is 45.0 Å². The number of halogens is 2. The third-order valence-corrected chi connectivity index (χ3v) is 7.66. The number of esters is 1. The second-order valence-electron chi connectivity index (χ2n) is 9.03. The fourth-order valence-corrected chi connectivity index (χ4v) is 4.73. The second kappa shape index (κ2) is 12.3. The van der Waals surface area contributed by atoms with Crippen LogP contribution in [0, 0.1) is 6.92 Å². The van der Waals surface area contributed by atoms with Crippen LogP contribution in [0.5, 0.6) is 5.75 Å². The van der Waals surface area contributed by atoms with Crippen molar-refractivity contribution in [3.63, 3.8) is 0 Å². The third-order valence-electron chi connectivity index (χ3n) is 6.28. The molecule has 1 amide bonds. The highest BCUT2D eigenvalue weighted by atomic mass is 79.9. The first-order valence-corrected chi connectivity index (χ1v) is 13.6. The maximum absolute atomic E-state index is 13.2. The van der Waals surface area contributed by atoms with Gasteiger partial charge in [0.25, 0.3) is 5.91 Å². The van der Waals surface area contributed by atoms with Crippen molar-refractivity contribution in [1.29, 1.82) is 0 Å². The van der Waals surface area contributed by atoms with Crippen LogP contribution in [-0.4, -0.2) is 23.5 Å².